The number of nitrogens with zero attached hydrogens (tertiary/aromatic N) is 1. The van der Waals surface area contributed by atoms with Crippen LogP contribution in [0, 0.1) is 0 Å². The lowest BCUT2D eigenvalue weighted by Crippen LogP contribution is -2.00. The van der Waals surface area contributed by atoms with Gasteiger partial charge < -0.3 is 15.2 Å². The molecule has 1 aromatic heterocycles. The van der Waals surface area contributed by atoms with Crippen LogP contribution in [0.5, 0.6) is 0 Å². The number of aromatic amines is 1. The molecular weight excluding hydrogens is 280 g/mol. The molecule has 2 rings (SSSR count). The quantitative estimate of drug-likeness (QED) is 0.733. The molecule has 0 bridgehead atoms. The largest absolute Gasteiger partial charge is 0.481 e. The molecule has 0 aliphatic rings. The molecule has 108 valence electrons. The Morgan fingerprint density at radius 3 is 2.30 bits per heavy atom. The SMILES string of the molecule is CCSc1nc2ccccc2[nH]1.O=C(O)CCC(=O)O. The lowest BCUT2D eigenvalue weighted by atomic mass is 10.3. The first-order chi connectivity index (χ1) is 9.52. The summed E-state index contributed by atoms with van der Waals surface area (Å²) in [7, 11) is 0. The zero-order valence-corrected chi connectivity index (χ0v) is 11.8. The van der Waals surface area contributed by atoms with Crippen molar-refractivity contribution < 1.29 is 19.8 Å². The van der Waals surface area contributed by atoms with Crippen LogP contribution < -0.4 is 0 Å². The molecule has 1 heterocycles. The van der Waals surface area contributed by atoms with Crippen molar-refractivity contribution in [3.63, 3.8) is 0 Å². The van der Waals surface area contributed by atoms with Crippen molar-refractivity contribution in [3.8, 4) is 0 Å². The fourth-order valence-electron chi connectivity index (χ4n) is 1.35. The average molecular weight is 296 g/mol. The summed E-state index contributed by atoms with van der Waals surface area (Å²) in [5.74, 6) is -1.10. The summed E-state index contributed by atoms with van der Waals surface area (Å²) < 4.78 is 0. The number of carboxylic acid groups (broad SMARTS) is 2. The number of rotatable bonds is 5. The van der Waals surface area contributed by atoms with Gasteiger partial charge in [0.15, 0.2) is 5.16 Å². The van der Waals surface area contributed by atoms with Crippen molar-refractivity contribution in [2.75, 3.05) is 5.75 Å². The van der Waals surface area contributed by atoms with Crippen LogP contribution in [0.25, 0.3) is 11.0 Å². The van der Waals surface area contributed by atoms with Crippen molar-refractivity contribution in [3.05, 3.63) is 24.3 Å². The van der Waals surface area contributed by atoms with E-state index in [9.17, 15) is 9.59 Å². The van der Waals surface area contributed by atoms with Crippen molar-refractivity contribution in [2.45, 2.75) is 24.9 Å². The van der Waals surface area contributed by atoms with E-state index in [2.05, 4.69) is 16.9 Å². The number of carboxylic acids is 2. The van der Waals surface area contributed by atoms with Crippen LogP contribution in [0.2, 0.25) is 0 Å². The highest BCUT2D eigenvalue weighted by molar-refractivity contribution is 7.99. The first kappa shape index (κ1) is 16.0. The first-order valence-electron chi connectivity index (χ1n) is 6.04. The standard InChI is InChI=1S/C9H10N2S.C4H6O4/c1-2-12-9-10-7-5-3-4-6-8(7)11-9;5-3(6)1-2-4(7)8/h3-6H,2H2,1H3,(H,10,11);1-2H2,(H,5,6)(H,7,8). The van der Waals surface area contributed by atoms with Crippen LogP contribution in [-0.2, 0) is 9.59 Å². The molecular formula is C13H16N2O4S. The monoisotopic (exact) mass is 296 g/mol. The number of hydrogen-bond acceptors (Lipinski definition) is 4. The number of hydrogen-bond donors (Lipinski definition) is 3. The molecule has 0 saturated carbocycles. The second-order valence-corrected chi connectivity index (χ2v) is 5.03. The van der Waals surface area contributed by atoms with Gasteiger partial charge in [-0.2, -0.15) is 0 Å². The van der Waals surface area contributed by atoms with Gasteiger partial charge in [-0.3, -0.25) is 9.59 Å². The number of fused-ring (bicyclic) bond motifs is 1. The summed E-state index contributed by atoms with van der Waals surface area (Å²) in [5.41, 5.74) is 2.17. The van der Waals surface area contributed by atoms with Crippen LogP contribution in [0.15, 0.2) is 29.4 Å². The van der Waals surface area contributed by atoms with Gasteiger partial charge >= 0.3 is 11.9 Å². The molecule has 0 amide bonds. The Bertz CT molecular complexity index is 536. The Balaban J connectivity index is 0.000000221. The fraction of sp³-hybridized carbons (Fsp3) is 0.308. The molecule has 0 aliphatic carbocycles. The van der Waals surface area contributed by atoms with Crippen LogP contribution >= 0.6 is 11.8 Å². The van der Waals surface area contributed by atoms with E-state index in [-0.39, 0.29) is 12.8 Å². The van der Waals surface area contributed by atoms with Gasteiger partial charge in [0.25, 0.3) is 0 Å². The number of nitrogens with one attached hydrogen (secondary N) is 1. The molecule has 1 aromatic carbocycles. The molecule has 0 saturated heterocycles. The van der Waals surface area contributed by atoms with Crippen molar-refractivity contribution in [2.24, 2.45) is 0 Å². The zero-order valence-electron chi connectivity index (χ0n) is 11.0. The van der Waals surface area contributed by atoms with Gasteiger partial charge in [0.1, 0.15) is 0 Å². The van der Waals surface area contributed by atoms with E-state index in [1.165, 1.54) is 0 Å². The summed E-state index contributed by atoms with van der Waals surface area (Å²) in [5, 5.41) is 16.8. The number of thioether (sulfide) groups is 1. The highest BCUT2D eigenvalue weighted by atomic mass is 32.2. The Morgan fingerprint density at radius 2 is 1.80 bits per heavy atom. The number of H-pyrrole nitrogens is 1. The third kappa shape index (κ3) is 5.75. The predicted molar refractivity (Wildman–Crippen MR) is 77.0 cm³/mol. The van der Waals surface area contributed by atoms with E-state index >= 15 is 0 Å². The maximum absolute atomic E-state index is 9.64. The molecule has 0 fully saturated rings. The van der Waals surface area contributed by atoms with E-state index in [0.717, 1.165) is 21.9 Å². The zero-order chi connectivity index (χ0) is 15.0. The average Bonchev–Trinajstić information content (AvgIpc) is 2.80. The summed E-state index contributed by atoms with van der Waals surface area (Å²) >= 11 is 1.73. The van der Waals surface area contributed by atoms with Gasteiger partial charge in [0.05, 0.1) is 23.9 Å². The second-order valence-electron chi connectivity index (χ2n) is 3.78. The molecule has 3 N–H and O–H groups in total. The molecule has 6 nitrogen and oxygen atoms in total. The number of benzene rings is 1. The second kappa shape index (κ2) is 8.21. The van der Waals surface area contributed by atoms with E-state index in [1.54, 1.807) is 11.8 Å². The van der Waals surface area contributed by atoms with Gasteiger partial charge in [-0.15, -0.1) is 0 Å². The molecule has 0 atom stereocenters. The minimum Gasteiger partial charge on any atom is -0.481 e. The van der Waals surface area contributed by atoms with Crippen molar-refractivity contribution in [1.29, 1.82) is 0 Å². The van der Waals surface area contributed by atoms with E-state index in [0.29, 0.717) is 0 Å². The normalized spacial score (nSPS) is 9.85. The van der Waals surface area contributed by atoms with Crippen LogP contribution in [-0.4, -0.2) is 37.9 Å². The van der Waals surface area contributed by atoms with Crippen molar-refractivity contribution >= 4 is 34.7 Å². The third-order valence-corrected chi connectivity index (χ3v) is 2.96. The molecule has 0 spiro atoms. The number of aromatic nitrogens is 2. The number of imidazole rings is 1. The van der Waals surface area contributed by atoms with Crippen molar-refractivity contribution in [1.82, 2.24) is 9.97 Å². The summed E-state index contributed by atoms with van der Waals surface area (Å²) in [6.07, 6.45) is -0.593. The maximum Gasteiger partial charge on any atom is 0.303 e. The molecule has 0 unspecified atom stereocenters. The summed E-state index contributed by atoms with van der Waals surface area (Å²) in [6.45, 7) is 2.12. The number of carbonyl (C=O) groups is 2. The predicted octanol–water partition coefficient (Wildman–Crippen LogP) is 2.61. The van der Waals surface area contributed by atoms with Crippen LogP contribution in [0.1, 0.15) is 19.8 Å². The van der Waals surface area contributed by atoms with E-state index < -0.39 is 11.9 Å². The maximum atomic E-state index is 9.64. The Labute approximate surface area is 120 Å². The molecule has 0 aliphatic heterocycles. The smallest absolute Gasteiger partial charge is 0.303 e. The lowest BCUT2D eigenvalue weighted by molar-refractivity contribution is -0.143. The Kier molecular flexibility index (Phi) is 6.58. The van der Waals surface area contributed by atoms with E-state index in [1.807, 2.05) is 24.3 Å². The van der Waals surface area contributed by atoms with Gasteiger partial charge in [-0.25, -0.2) is 4.98 Å². The fourth-order valence-corrected chi connectivity index (χ4v) is 1.97. The molecule has 20 heavy (non-hydrogen) atoms. The topological polar surface area (TPSA) is 103 Å². The summed E-state index contributed by atoms with van der Waals surface area (Å²) in [6, 6.07) is 8.08. The number of para-hydroxylation sites is 2. The highest BCUT2D eigenvalue weighted by Crippen LogP contribution is 2.18. The minimum atomic E-state index is -1.08. The minimum absolute atomic E-state index is 0.296. The summed E-state index contributed by atoms with van der Waals surface area (Å²) in [4.78, 5) is 26.9. The Hall–Kier alpha value is -2.02. The van der Waals surface area contributed by atoms with Crippen LogP contribution in [0.3, 0.4) is 0 Å². The van der Waals surface area contributed by atoms with Gasteiger partial charge in [-0.05, 0) is 17.9 Å². The molecule has 7 heteroatoms. The van der Waals surface area contributed by atoms with Gasteiger partial charge in [0, 0.05) is 0 Å². The van der Waals surface area contributed by atoms with Gasteiger partial charge in [-0.1, -0.05) is 30.8 Å². The van der Waals surface area contributed by atoms with E-state index in [4.69, 9.17) is 10.2 Å². The third-order valence-electron chi connectivity index (χ3n) is 2.20. The number of aliphatic carboxylic acids is 2. The van der Waals surface area contributed by atoms with Gasteiger partial charge in [0.2, 0.25) is 0 Å². The lowest BCUT2D eigenvalue weighted by Gasteiger charge is -1.86. The molecule has 2 aromatic rings. The van der Waals surface area contributed by atoms with Crippen LogP contribution in [0.4, 0.5) is 0 Å². The molecule has 0 radical (unpaired) electrons. The first-order valence-corrected chi connectivity index (χ1v) is 7.02. The Morgan fingerprint density at radius 1 is 1.20 bits per heavy atom. The highest BCUT2D eigenvalue weighted by Gasteiger charge is 2.00.